The number of amides is 1. The zero-order valence-electron chi connectivity index (χ0n) is 14.1. The smallest absolute Gasteiger partial charge is 0.339 e. The van der Waals surface area contributed by atoms with Gasteiger partial charge in [-0.2, -0.15) is 0 Å². The maximum Gasteiger partial charge on any atom is 0.339 e. The van der Waals surface area contributed by atoms with Crippen LogP contribution in [0.15, 0.2) is 36.4 Å². The molecule has 3 N–H and O–H groups in total. The maximum absolute atomic E-state index is 12.3. The summed E-state index contributed by atoms with van der Waals surface area (Å²) < 4.78 is 5.00. The second-order valence-electron chi connectivity index (χ2n) is 5.82. The van der Waals surface area contributed by atoms with Crippen molar-refractivity contribution in [3.63, 3.8) is 0 Å². The average molecular weight is 387 g/mol. The number of hydrogen-bond acceptors (Lipinski definition) is 8. The minimum atomic E-state index is -1.36. The number of carbonyl (C=O) groups excluding carboxylic acids is 2. The number of carboxylic acid groups (broad SMARTS) is 1. The summed E-state index contributed by atoms with van der Waals surface area (Å²) in [5.74, 6) is -3.08. The molecule has 1 aliphatic heterocycles. The Kier molecular flexibility index (Phi) is 4.81. The summed E-state index contributed by atoms with van der Waals surface area (Å²) in [5.41, 5.74) is -0.166. The van der Waals surface area contributed by atoms with Gasteiger partial charge >= 0.3 is 11.9 Å². The molecule has 144 valence electrons. The Bertz CT molecular complexity index is 1000. The topological polar surface area (TPSA) is 159 Å². The summed E-state index contributed by atoms with van der Waals surface area (Å²) in [6, 6.07) is 7.24. The second kappa shape index (κ2) is 7.23. The molecule has 0 unspecified atom stereocenters. The van der Waals surface area contributed by atoms with Crippen molar-refractivity contribution in [1.82, 2.24) is 0 Å². The van der Waals surface area contributed by atoms with Crippen molar-refractivity contribution in [2.24, 2.45) is 0 Å². The Labute approximate surface area is 156 Å². The number of hydrogen-bond donors (Lipinski definition) is 3. The fourth-order valence-corrected chi connectivity index (χ4v) is 2.66. The first-order chi connectivity index (χ1) is 13.2. The average Bonchev–Trinajstić information content (AvgIpc) is 2.62. The molecule has 1 amide bonds. The first-order valence-electron chi connectivity index (χ1n) is 7.85. The predicted molar refractivity (Wildman–Crippen MR) is 94.6 cm³/mol. The molecule has 2 aromatic carbocycles. The van der Waals surface area contributed by atoms with Crippen molar-refractivity contribution in [1.29, 1.82) is 0 Å². The van der Waals surface area contributed by atoms with Crippen LogP contribution in [0.4, 0.5) is 17.1 Å². The van der Waals surface area contributed by atoms with Gasteiger partial charge in [0.05, 0.1) is 23.2 Å². The van der Waals surface area contributed by atoms with Gasteiger partial charge in [-0.3, -0.25) is 14.9 Å². The van der Waals surface area contributed by atoms with E-state index in [1.807, 2.05) is 0 Å². The number of anilines is 2. The van der Waals surface area contributed by atoms with Crippen LogP contribution in [-0.2, 0) is 9.59 Å². The third-order valence-electron chi connectivity index (χ3n) is 3.88. The van der Waals surface area contributed by atoms with Gasteiger partial charge in [0.15, 0.2) is 5.75 Å². The number of ether oxygens (including phenoxy) is 1. The summed E-state index contributed by atoms with van der Waals surface area (Å²) in [6.45, 7) is -0.530. The zero-order valence-corrected chi connectivity index (χ0v) is 14.1. The number of aromatic hydroxyl groups is 1. The highest BCUT2D eigenvalue weighted by molar-refractivity contribution is 5.98. The highest BCUT2D eigenvalue weighted by Crippen LogP contribution is 2.35. The van der Waals surface area contributed by atoms with Gasteiger partial charge in [0, 0.05) is 11.8 Å². The number of nitro benzene ring substituents is 1. The number of non-ortho nitro benzene ring substituents is 1. The van der Waals surface area contributed by atoms with E-state index in [-0.39, 0.29) is 35.8 Å². The maximum atomic E-state index is 12.3. The van der Waals surface area contributed by atoms with Gasteiger partial charge in [0.25, 0.3) is 5.69 Å². The lowest BCUT2D eigenvalue weighted by atomic mass is 10.1. The van der Waals surface area contributed by atoms with Gasteiger partial charge in [0.1, 0.15) is 17.9 Å². The fraction of sp³-hybridized carbons (Fsp3) is 0.118. The third kappa shape index (κ3) is 3.82. The minimum absolute atomic E-state index is 0.0314. The number of phenols is 1. The molecule has 28 heavy (non-hydrogen) atoms. The molecule has 1 heterocycles. The Morgan fingerprint density at radius 2 is 2.00 bits per heavy atom. The summed E-state index contributed by atoms with van der Waals surface area (Å²) in [5, 5.41) is 31.8. The SMILES string of the molecule is O=C(CN1CC(=O)Oc2cc([N+](=O)[O-])ccc21)Nc1ccc(O)c(C(=O)O)c1. The van der Waals surface area contributed by atoms with Crippen LogP contribution in [0.3, 0.4) is 0 Å². The fourth-order valence-electron chi connectivity index (χ4n) is 2.66. The molecule has 0 atom stereocenters. The molecule has 0 saturated carbocycles. The normalized spacial score (nSPS) is 12.7. The minimum Gasteiger partial charge on any atom is -0.507 e. The number of nitro groups is 1. The number of benzene rings is 2. The van der Waals surface area contributed by atoms with Crippen LogP contribution in [0, 0.1) is 10.1 Å². The molecule has 0 bridgehead atoms. The van der Waals surface area contributed by atoms with E-state index in [9.17, 15) is 29.6 Å². The zero-order chi connectivity index (χ0) is 20.4. The van der Waals surface area contributed by atoms with Crippen LogP contribution in [0.2, 0.25) is 0 Å². The van der Waals surface area contributed by atoms with Crippen LogP contribution in [-0.4, -0.2) is 46.1 Å². The van der Waals surface area contributed by atoms with Crippen LogP contribution in [0.5, 0.6) is 11.5 Å². The van der Waals surface area contributed by atoms with Crippen molar-refractivity contribution < 1.29 is 34.3 Å². The summed E-state index contributed by atoms with van der Waals surface area (Å²) in [7, 11) is 0. The lowest BCUT2D eigenvalue weighted by molar-refractivity contribution is -0.384. The van der Waals surface area contributed by atoms with Gasteiger partial charge in [-0.25, -0.2) is 9.59 Å². The van der Waals surface area contributed by atoms with E-state index in [0.29, 0.717) is 5.69 Å². The van der Waals surface area contributed by atoms with Crippen molar-refractivity contribution in [2.75, 3.05) is 23.3 Å². The van der Waals surface area contributed by atoms with Crippen molar-refractivity contribution in [3.05, 3.63) is 52.1 Å². The lowest BCUT2D eigenvalue weighted by Gasteiger charge is -2.29. The molecule has 0 aliphatic carbocycles. The van der Waals surface area contributed by atoms with E-state index in [1.54, 1.807) is 0 Å². The van der Waals surface area contributed by atoms with Crippen molar-refractivity contribution in [2.45, 2.75) is 0 Å². The summed E-state index contributed by atoms with van der Waals surface area (Å²) in [4.78, 5) is 46.7. The van der Waals surface area contributed by atoms with Crippen LogP contribution >= 0.6 is 0 Å². The Balaban J connectivity index is 1.78. The van der Waals surface area contributed by atoms with E-state index >= 15 is 0 Å². The molecule has 11 heteroatoms. The van der Waals surface area contributed by atoms with Gasteiger partial charge in [-0.1, -0.05) is 0 Å². The Morgan fingerprint density at radius 1 is 1.25 bits per heavy atom. The highest BCUT2D eigenvalue weighted by atomic mass is 16.6. The largest absolute Gasteiger partial charge is 0.507 e. The number of carbonyl (C=O) groups is 3. The summed E-state index contributed by atoms with van der Waals surface area (Å²) in [6.07, 6.45) is 0. The standard InChI is InChI=1S/C17H13N3O8/c21-13-4-1-9(5-11(13)17(24)25)18-15(22)7-19-8-16(23)28-14-6-10(20(26)27)2-3-12(14)19/h1-6,21H,7-8H2,(H,18,22)(H,24,25). The monoisotopic (exact) mass is 387 g/mol. The molecule has 0 fully saturated rings. The molecule has 1 aliphatic rings. The van der Waals surface area contributed by atoms with Crippen LogP contribution in [0.1, 0.15) is 10.4 Å². The molecule has 0 saturated heterocycles. The second-order valence-corrected chi connectivity index (χ2v) is 5.82. The van der Waals surface area contributed by atoms with E-state index in [1.165, 1.54) is 23.1 Å². The molecular weight excluding hydrogens is 374 g/mol. The Hall–Kier alpha value is -4.15. The number of nitrogens with one attached hydrogen (secondary N) is 1. The number of rotatable bonds is 5. The van der Waals surface area contributed by atoms with Crippen LogP contribution < -0.4 is 15.0 Å². The lowest BCUT2D eigenvalue weighted by Crippen LogP contribution is -2.41. The molecule has 0 spiro atoms. The number of esters is 1. The van der Waals surface area contributed by atoms with Crippen molar-refractivity contribution >= 4 is 34.9 Å². The molecule has 0 radical (unpaired) electrons. The van der Waals surface area contributed by atoms with E-state index < -0.39 is 28.5 Å². The third-order valence-corrected chi connectivity index (χ3v) is 3.88. The first kappa shape index (κ1) is 18.6. The number of nitrogens with zero attached hydrogens (tertiary/aromatic N) is 2. The number of aromatic carboxylic acids is 1. The first-order valence-corrected chi connectivity index (χ1v) is 7.85. The van der Waals surface area contributed by atoms with E-state index in [2.05, 4.69) is 5.32 Å². The van der Waals surface area contributed by atoms with Gasteiger partial charge in [0.2, 0.25) is 5.91 Å². The van der Waals surface area contributed by atoms with Gasteiger partial charge < -0.3 is 25.2 Å². The van der Waals surface area contributed by atoms with Gasteiger partial charge in [-0.15, -0.1) is 0 Å². The van der Waals surface area contributed by atoms with Crippen LogP contribution in [0.25, 0.3) is 0 Å². The summed E-state index contributed by atoms with van der Waals surface area (Å²) >= 11 is 0. The quantitative estimate of drug-likeness (QED) is 0.226. The molecular formula is C17H13N3O8. The number of carboxylic acids is 1. The molecule has 0 aromatic heterocycles. The molecule has 2 aromatic rings. The predicted octanol–water partition coefficient (Wildman–Crippen LogP) is 1.36. The Morgan fingerprint density at radius 3 is 2.68 bits per heavy atom. The van der Waals surface area contributed by atoms with Crippen molar-refractivity contribution in [3.8, 4) is 11.5 Å². The van der Waals surface area contributed by atoms with E-state index in [0.717, 1.165) is 18.2 Å². The highest BCUT2D eigenvalue weighted by Gasteiger charge is 2.27. The molecule has 3 rings (SSSR count). The number of fused-ring (bicyclic) bond motifs is 1. The van der Waals surface area contributed by atoms with Gasteiger partial charge in [-0.05, 0) is 24.3 Å². The van der Waals surface area contributed by atoms with E-state index in [4.69, 9.17) is 9.84 Å². The molecule has 11 nitrogen and oxygen atoms in total.